The molecular weight excluding hydrogens is 472 g/mol. The number of ether oxygens (including phenoxy) is 2. The van der Waals surface area contributed by atoms with Gasteiger partial charge in [0.1, 0.15) is 5.60 Å². The van der Waals surface area contributed by atoms with E-state index < -0.39 is 5.60 Å². The van der Waals surface area contributed by atoms with Crippen molar-refractivity contribution in [2.45, 2.75) is 45.8 Å². The van der Waals surface area contributed by atoms with Gasteiger partial charge in [-0.15, -0.1) is 0 Å². The first-order chi connectivity index (χ1) is 17.7. The fourth-order valence-corrected chi connectivity index (χ4v) is 3.59. The fourth-order valence-electron chi connectivity index (χ4n) is 3.59. The minimum Gasteiger partial charge on any atom is -0.490 e. The molecule has 0 amide bonds. The van der Waals surface area contributed by atoms with Crippen molar-refractivity contribution in [1.29, 1.82) is 0 Å². The molecule has 4 rings (SSSR count). The van der Waals surface area contributed by atoms with E-state index in [-0.39, 0.29) is 17.9 Å². The zero-order chi connectivity index (χ0) is 26.4. The van der Waals surface area contributed by atoms with E-state index in [0.29, 0.717) is 36.8 Å². The third kappa shape index (κ3) is 7.33. The molecule has 0 radical (unpaired) electrons. The minimum absolute atomic E-state index is 0.192. The van der Waals surface area contributed by atoms with Crippen molar-refractivity contribution < 1.29 is 14.3 Å². The van der Waals surface area contributed by atoms with Crippen LogP contribution in [-0.2, 0) is 23.1 Å². The normalized spacial score (nSPS) is 11.4. The first kappa shape index (κ1) is 25.7. The van der Waals surface area contributed by atoms with Gasteiger partial charge in [0.25, 0.3) is 5.56 Å². The summed E-state index contributed by atoms with van der Waals surface area (Å²) in [5.41, 5.74) is 2.53. The molecule has 0 atom stereocenters. The molecule has 0 aliphatic rings. The van der Waals surface area contributed by atoms with Crippen LogP contribution in [0, 0.1) is 0 Å². The number of carbonyl (C=O) groups excluding carboxylic acids is 1. The van der Waals surface area contributed by atoms with Crippen LogP contribution >= 0.6 is 0 Å². The summed E-state index contributed by atoms with van der Waals surface area (Å²) in [6, 6.07) is 10.9. The summed E-state index contributed by atoms with van der Waals surface area (Å²) in [6.07, 6.45) is 7.59. The van der Waals surface area contributed by atoms with Gasteiger partial charge in [0.05, 0.1) is 37.4 Å². The Bertz CT molecular complexity index is 1420. The van der Waals surface area contributed by atoms with E-state index in [0.717, 1.165) is 16.7 Å². The molecule has 0 saturated heterocycles. The van der Waals surface area contributed by atoms with E-state index in [2.05, 4.69) is 20.2 Å². The minimum atomic E-state index is -0.491. The molecule has 1 aromatic carbocycles. The molecule has 10 heteroatoms. The third-order valence-corrected chi connectivity index (χ3v) is 5.23. The molecule has 0 fully saturated rings. The van der Waals surface area contributed by atoms with Crippen molar-refractivity contribution >= 4 is 5.97 Å². The summed E-state index contributed by atoms with van der Waals surface area (Å²) in [7, 11) is 1.83. The van der Waals surface area contributed by atoms with Crippen LogP contribution in [0.1, 0.15) is 39.2 Å². The van der Waals surface area contributed by atoms with Crippen molar-refractivity contribution in [1.82, 2.24) is 29.5 Å². The zero-order valence-corrected chi connectivity index (χ0v) is 21.4. The van der Waals surface area contributed by atoms with E-state index in [9.17, 15) is 9.59 Å². The summed E-state index contributed by atoms with van der Waals surface area (Å²) >= 11 is 0. The lowest BCUT2D eigenvalue weighted by molar-refractivity contribution is -0.155. The van der Waals surface area contributed by atoms with E-state index in [4.69, 9.17) is 9.47 Å². The van der Waals surface area contributed by atoms with Crippen LogP contribution in [0.4, 0.5) is 0 Å². The van der Waals surface area contributed by atoms with Crippen molar-refractivity contribution in [3.8, 4) is 28.4 Å². The summed E-state index contributed by atoms with van der Waals surface area (Å²) in [5.74, 6) is 0.809. The molecule has 4 aromatic rings. The number of hydrogen-bond acceptors (Lipinski definition) is 8. The molecule has 3 aromatic heterocycles. The Hall–Kier alpha value is -4.34. The second-order valence-corrected chi connectivity index (χ2v) is 9.60. The maximum absolute atomic E-state index is 12.4. The van der Waals surface area contributed by atoms with E-state index >= 15 is 0 Å². The second kappa shape index (κ2) is 11.2. The molecule has 0 saturated carbocycles. The maximum atomic E-state index is 12.4. The van der Waals surface area contributed by atoms with Gasteiger partial charge < -0.3 is 9.47 Å². The van der Waals surface area contributed by atoms with Crippen LogP contribution in [-0.4, -0.2) is 47.7 Å². The summed E-state index contributed by atoms with van der Waals surface area (Å²) in [4.78, 5) is 33.0. The van der Waals surface area contributed by atoms with Crippen LogP contribution in [0.25, 0.3) is 22.6 Å². The molecule has 3 heterocycles. The Morgan fingerprint density at radius 2 is 1.81 bits per heavy atom. The lowest BCUT2D eigenvalue weighted by Crippen LogP contribution is -2.23. The number of carbonyl (C=O) groups is 1. The molecule has 0 aliphatic heterocycles. The average Bonchev–Trinajstić information content (AvgIpc) is 3.29. The predicted molar refractivity (Wildman–Crippen MR) is 138 cm³/mol. The largest absolute Gasteiger partial charge is 0.490 e. The molecule has 10 nitrogen and oxygen atoms in total. The molecule has 0 N–H and O–H groups in total. The lowest BCUT2D eigenvalue weighted by Gasteiger charge is -2.19. The SMILES string of the molecule is Cn1cc(-c2ccc(=O)n(Cc3cccc(-c4ncc(OCCCC(=O)OC(C)(C)C)cn4)c3)n2)cn1. The topological polar surface area (TPSA) is 114 Å². The van der Waals surface area contributed by atoms with Crippen LogP contribution in [0.5, 0.6) is 5.75 Å². The van der Waals surface area contributed by atoms with Crippen LogP contribution in [0.3, 0.4) is 0 Å². The van der Waals surface area contributed by atoms with Crippen molar-refractivity contribution in [2.24, 2.45) is 7.05 Å². The first-order valence-corrected chi connectivity index (χ1v) is 12.0. The average molecular weight is 503 g/mol. The van der Waals surface area contributed by atoms with E-state index in [1.807, 2.05) is 58.3 Å². The first-order valence-electron chi connectivity index (χ1n) is 12.0. The standard InChI is InChI=1S/C27H30N6O4/c1-27(2,3)37-25(35)9-6-12-36-22-15-28-26(29-16-22)20-8-5-7-19(13-20)17-33-24(34)11-10-23(31-33)21-14-30-32(4)18-21/h5,7-8,10-11,13-16,18H,6,9,12,17H2,1-4H3. The highest BCUT2D eigenvalue weighted by Crippen LogP contribution is 2.19. The lowest BCUT2D eigenvalue weighted by atomic mass is 10.1. The molecular formula is C27H30N6O4. The molecule has 0 aliphatic carbocycles. The Labute approximate surface area is 214 Å². The second-order valence-electron chi connectivity index (χ2n) is 9.60. The van der Waals surface area contributed by atoms with Crippen LogP contribution in [0.15, 0.2) is 66.0 Å². The van der Waals surface area contributed by atoms with Gasteiger partial charge in [-0.05, 0) is 44.9 Å². The monoisotopic (exact) mass is 502 g/mol. The van der Waals surface area contributed by atoms with Gasteiger partial charge in [0, 0.05) is 36.9 Å². The van der Waals surface area contributed by atoms with Gasteiger partial charge in [0.15, 0.2) is 11.6 Å². The highest BCUT2D eigenvalue weighted by atomic mass is 16.6. The quantitative estimate of drug-likeness (QED) is 0.252. The molecule has 37 heavy (non-hydrogen) atoms. The van der Waals surface area contributed by atoms with Gasteiger partial charge in [0.2, 0.25) is 0 Å². The van der Waals surface area contributed by atoms with E-state index in [1.165, 1.54) is 10.7 Å². The number of aryl methyl sites for hydroxylation is 1. The smallest absolute Gasteiger partial charge is 0.306 e. The van der Waals surface area contributed by atoms with Crippen LogP contribution in [0.2, 0.25) is 0 Å². The third-order valence-electron chi connectivity index (χ3n) is 5.23. The predicted octanol–water partition coefficient (Wildman–Crippen LogP) is 3.65. The van der Waals surface area contributed by atoms with Gasteiger partial charge in [-0.2, -0.15) is 10.2 Å². The number of rotatable bonds is 9. The summed E-state index contributed by atoms with van der Waals surface area (Å²) in [5, 5.41) is 8.67. The number of esters is 1. The summed E-state index contributed by atoms with van der Waals surface area (Å²) in [6.45, 7) is 6.19. The Morgan fingerprint density at radius 1 is 1.03 bits per heavy atom. The van der Waals surface area contributed by atoms with Gasteiger partial charge in [-0.3, -0.25) is 14.3 Å². The molecule has 192 valence electrons. The van der Waals surface area contributed by atoms with Gasteiger partial charge in [-0.25, -0.2) is 14.6 Å². The fraction of sp³-hybridized carbons (Fsp3) is 0.333. The van der Waals surface area contributed by atoms with Crippen molar-refractivity contribution in [2.75, 3.05) is 6.61 Å². The number of nitrogens with zero attached hydrogens (tertiary/aromatic N) is 6. The van der Waals surface area contributed by atoms with Crippen LogP contribution < -0.4 is 10.3 Å². The Kier molecular flexibility index (Phi) is 7.76. The van der Waals surface area contributed by atoms with E-state index in [1.54, 1.807) is 29.3 Å². The maximum Gasteiger partial charge on any atom is 0.306 e. The van der Waals surface area contributed by atoms with Crippen molar-refractivity contribution in [3.63, 3.8) is 0 Å². The van der Waals surface area contributed by atoms with Crippen molar-refractivity contribution in [3.05, 3.63) is 77.1 Å². The Morgan fingerprint density at radius 3 is 2.51 bits per heavy atom. The van der Waals surface area contributed by atoms with Gasteiger partial charge >= 0.3 is 5.97 Å². The molecule has 0 spiro atoms. The Balaban J connectivity index is 1.37. The molecule has 0 bridgehead atoms. The summed E-state index contributed by atoms with van der Waals surface area (Å²) < 4.78 is 14.1. The molecule has 0 unspecified atom stereocenters. The highest BCUT2D eigenvalue weighted by Gasteiger charge is 2.15. The number of aromatic nitrogens is 6. The highest BCUT2D eigenvalue weighted by molar-refractivity contribution is 5.69. The van der Waals surface area contributed by atoms with Gasteiger partial charge in [-0.1, -0.05) is 18.2 Å². The number of hydrogen-bond donors (Lipinski definition) is 0. The number of benzene rings is 1. The zero-order valence-electron chi connectivity index (χ0n) is 21.4.